The van der Waals surface area contributed by atoms with Crippen molar-refractivity contribution in [3.05, 3.63) is 27.5 Å². The van der Waals surface area contributed by atoms with Crippen molar-refractivity contribution in [3.8, 4) is 11.9 Å². The smallest absolute Gasteiger partial charge is 0.271 e. The van der Waals surface area contributed by atoms with Gasteiger partial charge >= 0.3 is 0 Å². The molecule has 17 heavy (non-hydrogen) atoms. The fourth-order valence-electron chi connectivity index (χ4n) is 1.31. The minimum Gasteiger partial charge on any atom is -0.494 e. The summed E-state index contributed by atoms with van der Waals surface area (Å²) in [5.74, 6) is -1.16. The molecule has 0 bridgehead atoms. The molecule has 0 amide bonds. The molecular formula is C9H10N2O5S. The van der Waals surface area contributed by atoms with E-state index in [4.69, 9.17) is 9.81 Å². The Bertz CT molecular complexity index is 639. The molecule has 0 atom stereocenters. The molecule has 0 saturated heterocycles. The van der Waals surface area contributed by atoms with Crippen molar-refractivity contribution in [2.45, 2.75) is 13.5 Å². The SMILES string of the molecule is Cc1cc(O)n(CCS(=O)(=O)O)c(=O)c1C#N. The highest BCUT2D eigenvalue weighted by molar-refractivity contribution is 7.85. The molecule has 0 aliphatic rings. The summed E-state index contributed by atoms with van der Waals surface area (Å²) in [6, 6.07) is 2.86. The molecule has 0 spiro atoms. The van der Waals surface area contributed by atoms with Crippen molar-refractivity contribution in [2.24, 2.45) is 0 Å². The van der Waals surface area contributed by atoms with E-state index in [-0.39, 0.29) is 5.56 Å². The maximum absolute atomic E-state index is 11.7. The molecule has 2 N–H and O–H groups in total. The van der Waals surface area contributed by atoms with Crippen LogP contribution in [0, 0.1) is 18.3 Å². The minimum atomic E-state index is -4.24. The second kappa shape index (κ2) is 4.57. The Morgan fingerprint density at radius 3 is 2.59 bits per heavy atom. The number of nitrogens with zero attached hydrogens (tertiary/aromatic N) is 2. The van der Waals surface area contributed by atoms with E-state index in [2.05, 4.69) is 0 Å². The quantitative estimate of drug-likeness (QED) is 0.713. The zero-order valence-electron chi connectivity index (χ0n) is 8.91. The van der Waals surface area contributed by atoms with Gasteiger partial charge in [0.05, 0.1) is 5.75 Å². The predicted molar refractivity (Wildman–Crippen MR) is 58.2 cm³/mol. The van der Waals surface area contributed by atoms with Crippen LogP contribution in [0.25, 0.3) is 0 Å². The number of hydrogen-bond donors (Lipinski definition) is 2. The van der Waals surface area contributed by atoms with Crippen molar-refractivity contribution in [1.29, 1.82) is 5.26 Å². The van der Waals surface area contributed by atoms with Crippen molar-refractivity contribution < 1.29 is 18.1 Å². The molecule has 0 aromatic carbocycles. The van der Waals surface area contributed by atoms with E-state index in [0.29, 0.717) is 5.56 Å². The van der Waals surface area contributed by atoms with Crippen LogP contribution in [-0.4, -0.2) is 28.4 Å². The summed E-state index contributed by atoms with van der Waals surface area (Å²) in [4.78, 5) is 11.7. The Balaban J connectivity index is 3.27. The van der Waals surface area contributed by atoms with Gasteiger partial charge in [0.25, 0.3) is 15.7 Å². The van der Waals surface area contributed by atoms with Crippen molar-refractivity contribution in [3.63, 3.8) is 0 Å². The minimum absolute atomic E-state index is 0.168. The van der Waals surface area contributed by atoms with E-state index in [1.54, 1.807) is 6.07 Å². The van der Waals surface area contributed by atoms with E-state index in [1.165, 1.54) is 13.0 Å². The van der Waals surface area contributed by atoms with Crippen LogP contribution in [0.2, 0.25) is 0 Å². The number of aromatic nitrogens is 1. The summed E-state index contributed by atoms with van der Waals surface area (Å²) >= 11 is 0. The van der Waals surface area contributed by atoms with E-state index in [1.807, 2.05) is 0 Å². The van der Waals surface area contributed by atoms with Gasteiger partial charge < -0.3 is 5.11 Å². The monoisotopic (exact) mass is 258 g/mol. The zero-order valence-corrected chi connectivity index (χ0v) is 9.73. The largest absolute Gasteiger partial charge is 0.494 e. The number of aromatic hydroxyl groups is 1. The molecule has 0 radical (unpaired) electrons. The summed E-state index contributed by atoms with van der Waals surface area (Å²) in [6.45, 7) is 1.06. The van der Waals surface area contributed by atoms with Crippen molar-refractivity contribution >= 4 is 10.1 Å². The maximum atomic E-state index is 11.7. The summed E-state index contributed by atoms with van der Waals surface area (Å²) in [5.41, 5.74) is -0.648. The molecule has 0 saturated carbocycles. The Morgan fingerprint density at radius 2 is 2.12 bits per heavy atom. The van der Waals surface area contributed by atoms with Crippen LogP contribution >= 0.6 is 0 Å². The molecule has 0 aliphatic heterocycles. The van der Waals surface area contributed by atoms with E-state index < -0.39 is 33.9 Å². The summed E-state index contributed by atoms with van der Waals surface area (Å²) in [7, 11) is -4.24. The van der Waals surface area contributed by atoms with Crippen LogP contribution in [0.4, 0.5) is 0 Å². The first-order valence-electron chi connectivity index (χ1n) is 4.55. The van der Waals surface area contributed by atoms with Gasteiger partial charge in [-0.05, 0) is 12.5 Å². The fourth-order valence-corrected chi connectivity index (χ4v) is 1.72. The Kier molecular flexibility index (Phi) is 3.55. The van der Waals surface area contributed by atoms with Gasteiger partial charge in [0, 0.05) is 12.6 Å². The lowest BCUT2D eigenvalue weighted by Gasteiger charge is -2.09. The van der Waals surface area contributed by atoms with Gasteiger partial charge in [0.15, 0.2) is 5.88 Å². The summed E-state index contributed by atoms with van der Waals surface area (Å²) in [6.07, 6.45) is 0. The lowest BCUT2D eigenvalue weighted by Crippen LogP contribution is -2.26. The lowest BCUT2D eigenvalue weighted by atomic mass is 10.2. The van der Waals surface area contributed by atoms with Gasteiger partial charge in [-0.25, -0.2) is 0 Å². The number of pyridine rings is 1. The first kappa shape index (κ1) is 13.2. The molecule has 1 aromatic rings. The third kappa shape index (κ3) is 3.05. The molecule has 1 rings (SSSR count). The van der Waals surface area contributed by atoms with E-state index in [9.17, 15) is 18.3 Å². The highest BCUT2D eigenvalue weighted by atomic mass is 32.2. The van der Waals surface area contributed by atoms with Crippen LogP contribution in [0.15, 0.2) is 10.9 Å². The van der Waals surface area contributed by atoms with Gasteiger partial charge in [0.1, 0.15) is 11.6 Å². The summed E-state index contributed by atoms with van der Waals surface area (Å²) in [5, 5.41) is 18.2. The van der Waals surface area contributed by atoms with Gasteiger partial charge in [-0.2, -0.15) is 13.7 Å². The van der Waals surface area contributed by atoms with Gasteiger partial charge in [0.2, 0.25) is 0 Å². The number of aryl methyl sites for hydroxylation is 1. The van der Waals surface area contributed by atoms with Gasteiger partial charge in [-0.3, -0.25) is 13.9 Å². The molecule has 92 valence electrons. The fraction of sp³-hybridized carbons (Fsp3) is 0.333. The first-order valence-corrected chi connectivity index (χ1v) is 6.16. The van der Waals surface area contributed by atoms with Crippen LogP contribution < -0.4 is 5.56 Å². The highest BCUT2D eigenvalue weighted by Gasteiger charge is 2.13. The molecule has 1 aromatic heterocycles. The average Bonchev–Trinajstić information content (AvgIpc) is 2.15. The van der Waals surface area contributed by atoms with Crippen LogP contribution in [0.3, 0.4) is 0 Å². The van der Waals surface area contributed by atoms with Crippen LogP contribution in [0.5, 0.6) is 5.88 Å². The van der Waals surface area contributed by atoms with E-state index >= 15 is 0 Å². The molecule has 8 heteroatoms. The second-order valence-electron chi connectivity index (χ2n) is 3.42. The Hall–Kier alpha value is -1.85. The molecular weight excluding hydrogens is 248 g/mol. The topological polar surface area (TPSA) is 120 Å². The Morgan fingerprint density at radius 1 is 1.53 bits per heavy atom. The third-order valence-electron chi connectivity index (χ3n) is 2.16. The van der Waals surface area contributed by atoms with Gasteiger partial charge in [-0.1, -0.05) is 0 Å². The zero-order chi connectivity index (χ0) is 13.2. The number of nitriles is 1. The third-order valence-corrected chi connectivity index (χ3v) is 2.86. The maximum Gasteiger partial charge on any atom is 0.271 e. The molecule has 1 heterocycles. The second-order valence-corrected chi connectivity index (χ2v) is 4.99. The molecule has 7 nitrogen and oxygen atoms in total. The standard InChI is InChI=1S/C9H10N2O5S/c1-6-4-8(12)11(2-3-17(14,15)16)9(13)7(6)5-10/h4,12H,2-3H2,1H3,(H,14,15,16). The van der Waals surface area contributed by atoms with Crippen LogP contribution in [-0.2, 0) is 16.7 Å². The van der Waals surface area contributed by atoms with Crippen LogP contribution in [0.1, 0.15) is 11.1 Å². The van der Waals surface area contributed by atoms with Gasteiger partial charge in [-0.15, -0.1) is 0 Å². The number of hydrogen-bond acceptors (Lipinski definition) is 5. The highest BCUT2D eigenvalue weighted by Crippen LogP contribution is 2.11. The average molecular weight is 258 g/mol. The Labute approximate surface area is 97.3 Å². The summed E-state index contributed by atoms with van der Waals surface area (Å²) < 4.78 is 30.4. The van der Waals surface area contributed by atoms with Crippen molar-refractivity contribution in [2.75, 3.05) is 5.75 Å². The molecule has 0 unspecified atom stereocenters. The number of rotatable bonds is 3. The van der Waals surface area contributed by atoms with E-state index in [0.717, 1.165) is 4.57 Å². The lowest BCUT2D eigenvalue weighted by molar-refractivity contribution is 0.407. The van der Waals surface area contributed by atoms with Crippen molar-refractivity contribution in [1.82, 2.24) is 4.57 Å². The predicted octanol–water partition coefficient (Wildman–Crippen LogP) is -0.378. The normalized spacial score (nSPS) is 11.1. The first-order chi connectivity index (χ1) is 7.76. The molecule has 0 aliphatic carbocycles. The molecule has 0 fully saturated rings.